The molecular formula is C16H17N3O5S. The summed E-state index contributed by atoms with van der Waals surface area (Å²) in [7, 11) is -0.767. The van der Waals surface area contributed by atoms with E-state index in [9.17, 15) is 23.1 Å². The number of carbonyl (C=O) groups is 2. The number of phenolic OH excluding ortho intramolecular Hbond substituents is 1. The lowest BCUT2D eigenvalue weighted by Gasteiger charge is -2.12. The molecule has 2 aromatic carbocycles. The molecule has 0 unspecified atom stereocenters. The maximum absolute atomic E-state index is 12.0. The normalized spacial score (nSPS) is 11.2. The van der Waals surface area contributed by atoms with Gasteiger partial charge in [-0.05, 0) is 36.4 Å². The zero-order valence-electron chi connectivity index (χ0n) is 13.6. The van der Waals surface area contributed by atoms with Gasteiger partial charge in [-0.25, -0.2) is 12.7 Å². The molecule has 2 amide bonds. The van der Waals surface area contributed by atoms with E-state index in [0.717, 1.165) is 4.31 Å². The van der Waals surface area contributed by atoms with Crippen LogP contribution in [0.1, 0.15) is 20.7 Å². The van der Waals surface area contributed by atoms with Crippen molar-refractivity contribution in [2.45, 2.75) is 4.90 Å². The second kappa shape index (κ2) is 7.32. The summed E-state index contributed by atoms with van der Waals surface area (Å²) in [4.78, 5) is 24.0. The Balaban J connectivity index is 2.05. The Labute approximate surface area is 145 Å². The van der Waals surface area contributed by atoms with Gasteiger partial charge in [0.1, 0.15) is 5.75 Å². The van der Waals surface area contributed by atoms with Gasteiger partial charge in [-0.15, -0.1) is 0 Å². The van der Waals surface area contributed by atoms with Gasteiger partial charge in [0.2, 0.25) is 10.0 Å². The summed E-state index contributed by atoms with van der Waals surface area (Å²) in [6.45, 7) is 0. The van der Waals surface area contributed by atoms with Crippen LogP contribution in [0.4, 0.5) is 0 Å². The van der Waals surface area contributed by atoms with E-state index < -0.39 is 21.8 Å². The maximum Gasteiger partial charge on any atom is 0.273 e. The van der Waals surface area contributed by atoms with Crippen molar-refractivity contribution in [1.29, 1.82) is 0 Å². The molecule has 8 nitrogen and oxygen atoms in total. The number of phenols is 1. The first-order valence-electron chi connectivity index (χ1n) is 7.15. The number of aromatic hydroxyl groups is 1. The number of benzene rings is 2. The molecule has 132 valence electrons. The molecule has 0 saturated heterocycles. The van der Waals surface area contributed by atoms with Crippen LogP contribution in [0.5, 0.6) is 5.75 Å². The topological polar surface area (TPSA) is 116 Å². The molecule has 0 aliphatic carbocycles. The molecule has 0 bridgehead atoms. The number of carbonyl (C=O) groups excluding carboxylic acids is 2. The van der Waals surface area contributed by atoms with Gasteiger partial charge in [0.25, 0.3) is 11.8 Å². The Bertz CT molecular complexity index is 892. The molecule has 0 aliphatic heterocycles. The molecule has 0 radical (unpaired) electrons. The first-order chi connectivity index (χ1) is 11.7. The smallest absolute Gasteiger partial charge is 0.273 e. The number of nitrogens with one attached hydrogen (secondary N) is 2. The van der Waals surface area contributed by atoms with Crippen LogP contribution in [-0.2, 0) is 10.0 Å². The van der Waals surface area contributed by atoms with Gasteiger partial charge in [0.05, 0.1) is 10.5 Å². The number of hydrogen-bond acceptors (Lipinski definition) is 5. The molecular weight excluding hydrogens is 346 g/mol. The van der Waals surface area contributed by atoms with Crippen molar-refractivity contribution < 1.29 is 23.1 Å². The lowest BCUT2D eigenvalue weighted by atomic mass is 10.2. The van der Waals surface area contributed by atoms with Crippen LogP contribution in [0.2, 0.25) is 0 Å². The molecule has 0 aliphatic rings. The number of amides is 2. The molecule has 0 spiro atoms. The Morgan fingerprint density at radius 3 is 2.04 bits per heavy atom. The number of hydrazine groups is 1. The zero-order valence-corrected chi connectivity index (χ0v) is 14.4. The minimum absolute atomic E-state index is 0.00947. The highest BCUT2D eigenvalue weighted by atomic mass is 32.2. The highest BCUT2D eigenvalue weighted by Crippen LogP contribution is 2.15. The summed E-state index contributed by atoms with van der Waals surface area (Å²) in [5.74, 6) is -1.52. The van der Waals surface area contributed by atoms with Gasteiger partial charge in [0.15, 0.2) is 0 Å². The third-order valence-corrected chi connectivity index (χ3v) is 5.16. The first-order valence-corrected chi connectivity index (χ1v) is 8.59. The van der Waals surface area contributed by atoms with Gasteiger partial charge in [-0.2, -0.15) is 0 Å². The van der Waals surface area contributed by atoms with E-state index in [1.165, 1.54) is 50.5 Å². The van der Waals surface area contributed by atoms with Crippen molar-refractivity contribution in [2.24, 2.45) is 0 Å². The number of rotatable bonds is 4. The van der Waals surface area contributed by atoms with E-state index in [0.29, 0.717) is 0 Å². The second-order valence-corrected chi connectivity index (χ2v) is 7.39. The Hall–Kier alpha value is -2.91. The van der Waals surface area contributed by atoms with Crippen LogP contribution in [0.25, 0.3) is 0 Å². The first kappa shape index (κ1) is 18.4. The van der Waals surface area contributed by atoms with Crippen molar-refractivity contribution in [3.05, 3.63) is 59.7 Å². The van der Waals surface area contributed by atoms with E-state index in [1.807, 2.05) is 0 Å². The summed E-state index contributed by atoms with van der Waals surface area (Å²) < 4.78 is 25.0. The summed E-state index contributed by atoms with van der Waals surface area (Å²) in [6, 6.07) is 11.1. The summed E-state index contributed by atoms with van der Waals surface area (Å²) in [5.41, 5.74) is 4.54. The molecule has 3 N–H and O–H groups in total. The second-order valence-electron chi connectivity index (χ2n) is 5.24. The third kappa shape index (κ3) is 4.14. The number of nitrogens with zero attached hydrogens (tertiary/aromatic N) is 1. The van der Waals surface area contributed by atoms with E-state index >= 15 is 0 Å². The highest BCUT2D eigenvalue weighted by Gasteiger charge is 2.18. The van der Waals surface area contributed by atoms with E-state index in [2.05, 4.69) is 10.9 Å². The van der Waals surface area contributed by atoms with Crippen LogP contribution in [0.15, 0.2) is 53.4 Å². The standard InChI is InChI=1S/C16H17N3O5S/c1-19(2)25(23,24)12-9-7-11(8-10-12)15(21)17-18-16(22)13-5-3-4-6-14(13)20/h3-10,20H,1-2H3,(H,17,21)(H,18,22). The molecule has 2 aromatic rings. The molecule has 9 heteroatoms. The van der Waals surface area contributed by atoms with Gasteiger partial charge in [0, 0.05) is 19.7 Å². The highest BCUT2D eigenvalue weighted by molar-refractivity contribution is 7.89. The van der Waals surface area contributed by atoms with Crippen molar-refractivity contribution in [3.63, 3.8) is 0 Å². The van der Waals surface area contributed by atoms with E-state index in [1.54, 1.807) is 12.1 Å². The molecule has 0 fully saturated rings. The summed E-state index contributed by atoms with van der Waals surface area (Å²) in [6.07, 6.45) is 0. The lowest BCUT2D eigenvalue weighted by molar-refractivity contribution is 0.0845. The quantitative estimate of drug-likeness (QED) is 0.692. The Morgan fingerprint density at radius 2 is 1.48 bits per heavy atom. The van der Waals surface area contributed by atoms with Crippen molar-refractivity contribution in [1.82, 2.24) is 15.2 Å². The van der Waals surface area contributed by atoms with Gasteiger partial charge < -0.3 is 5.11 Å². The van der Waals surface area contributed by atoms with Crippen molar-refractivity contribution in [3.8, 4) is 5.75 Å². The molecule has 0 saturated carbocycles. The predicted octanol–water partition coefficient (Wildman–Crippen LogP) is 0.717. The maximum atomic E-state index is 12.0. The average Bonchev–Trinajstić information content (AvgIpc) is 2.59. The minimum Gasteiger partial charge on any atom is -0.507 e. The minimum atomic E-state index is -3.58. The van der Waals surface area contributed by atoms with Crippen LogP contribution >= 0.6 is 0 Å². The van der Waals surface area contributed by atoms with Gasteiger partial charge >= 0.3 is 0 Å². The number of sulfonamides is 1. The van der Waals surface area contributed by atoms with E-state index in [-0.39, 0.29) is 21.8 Å². The Morgan fingerprint density at radius 1 is 0.920 bits per heavy atom. The van der Waals surface area contributed by atoms with Gasteiger partial charge in [-0.3, -0.25) is 20.4 Å². The monoisotopic (exact) mass is 363 g/mol. The molecule has 25 heavy (non-hydrogen) atoms. The van der Waals surface area contributed by atoms with Crippen LogP contribution in [0, 0.1) is 0 Å². The molecule has 0 aromatic heterocycles. The largest absolute Gasteiger partial charge is 0.507 e. The summed E-state index contributed by atoms with van der Waals surface area (Å²) >= 11 is 0. The van der Waals surface area contributed by atoms with Crippen LogP contribution < -0.4 is 10.9 Å². The number of hydrogen-bond donors (Lipinski definition) is 3. The van der Waals surface area contributed by atoms with E-state index in [4.69, 9.17) is 0 Å². The summed E-state index contributed by atoms with van der Waals surface area (Å²) in [5, 5.41) is 9.58. The SMILES string of the molecule is CN(C)S(=O)(=O)c1ccc(C(=O)NNC(=O)c2ccccc2O)cc1. The van der Waals surface area contributed by atoms with Crippen molar-refractivity contribution >= 4 is 21.8 Å². The number of para-hydroxylation sites is 1. The average molecular weight is 363 g/mol. The fourth-order valence-electron chi connectivity index (χ4n) is 1.91. The van der Waals surface area contributed by atoms with Crippen LogP contribution in [0.3, 0.4) is 0 Å². The predicted molar refractivity (Wildman–Crippen MR) is 90.4 cm³/mol. The fourth-order valence-corrected chi connectivity index (χ4v) is 2.81. The Kier molecular flexibility index (Phi) is 5.40. The van der Waals surface area contributed by atoms with Gasteiger partial charge in [-0.1, -0.05) is 12.1 Å². The molecule has 0 heterocycles. The fraction of sp³-hybridized carbons (Fsp3) is 0.125. The molecule has 2 rings (SSSR count). The lowest BCUT2D eigenvalue weighted by Crippen LogP contribution is -2.41. The molecule has 0 atom stereocenters. The third-order valence-electron chi connectivity index (χ3n) is 3.33. The van der Waals surface area contributed by atoms with Crippen molar-refractivity contribution in [2.75, 3.05) is 14.1 Å². The van der Waals surface area contributed by atoms with Crippen LogP contribution in [-0.4, -0.2) is 43.7 Å². The zero-order chi connectivity index (χ0) is 18.6.